The molecule has 14 heavy (non-hydrogen) atoms. The molecular weight excluding hydrogens is 188 g/mol. The Morgan fingerprint density at radius 2 is 2.00 bits per heavy atom. The highest BCUT2D eigenvalue weighted by Gasteiger charge is 2.01. The molecule has 1 unspecified atom stereocenters. The van der Waals surface area contributed by atoms with Gasteiger partial charge in [-0.1, -0.05) is 0 Å². The number of aliphatic hydroxyl groups excluding tert-OH is 1. The number of H-pyrrole nitrogens is 2. The zero-order valence-electron chi connectivity index (χ0n) is 7.91. The summed E-state index contributed by atoms with van der Waals surface area (Å²) >= 11 is 0. The number of aromatic nitrogens is 3. The van der Waals surface area contributed by atoms with E-state index >= 15 is 0 Å². The molecule has 1 atom stereocenters. The Morgan fingerprint density at radius 3 is 2.50 bits per heavy atom. The molecule has 0 aliphatic rings. The molecule has 1 aromatic rings. The van der Waals surface area contributed by atoms with E-state index in [0.717, 1.165) is 4.57 Å². The van der Waals surface area contributed by atoms with Gasteiger partial charge in [0.25, 0.3) is 0 Å². The van der Waals surface area contributed by atoms with Crippen molar-refractivity contribution in [2.45, 2.75) is 19.6 Å². The minimum atomic E-state index is -0.450. The molecule has 0 saturated carbocycles. The molecule has 1 aromatic heterocycles. The summed E-state index contributed by atoms with van der Waals surface area (Å²) in [6.07, 6.45) is -0.434. The van der Waals surface area contributed by atoms with Gasteiger partial charge in [0.2, 0.25) is 0 Å². The van der Waals surface area contributed by atoms with E-state index in [0.29, 0.717) is 13.1 Å². The number of hydrogen-bond acceptors (Lipinski definition) is 4. The fraction of sp³-hybridized carbons (Fsp3) is 0.714. The molecule has 0 aliphatic heterocycles. The number of nitrogens with zero attached hydrogens (tertiary/aromatic N) is 1. The molecule has 1 heterocycles. The first-order valence-corrected chi connectivity index (χ1v) is 4.37. The summed E-state index contributed by atoms with van der Waals surface area (Å²) in [5, 5.41) is 16.2. The van der Waals surface area contributed by atoms with Crippen LogP contribution in [0.3, 0.4) is 0 Å². The van der Waals surface area contributed by atoms with E-state index < -0.39 is 17.5 Å². The maximum atomic E-state index is 11.0. The quantitative estimate of drug-likeness (QED) is 0.408. The molecule has 0 aromatic carbocycles. The third-order valence-electron chi connectivity index (χ3n) is 1.72. The van der Waals surface area contributed by atoms with Crippen LogP contribution < -0.4 is 16.7 Å². The van der Waals surface area contributed by atoms with Gasteiger partial charge in [-0.15, -0.1) is 0 Å². The van der Waals surface area contributed by atoms with E-state index in [1.807, 2.05) is 0 Å². The maximum absolute atomic E-state index is 11.0. The first kappa shape index (κ1) is 10.7. The van der Waals surface area contributed by atoms with Crippen LogP contribution in [0, 0.1) is 0 Å². The smallest absolute Gasteiger partial charge is 0.344 e. The van der Waals surface area contributed by atoms with Crippen LogP contribution in [0.5, 0.6) is 0 Å². The Labute approximate surface area is 79.8 Å². The van der Waals surface area contributed by atoms with Crippen LogP contribution in [0.2, 0.25) is 0 Å². The summed E-state index contributed by atoms with van der Waals surface area (Å²) in [6, 6.07) is 0. The van der Waals surface area contributed by atoms with Gasteiger partial charge in [0.05, 0.1) is 6.10 Å². The van der Waals surface area contributed by atoms with Crippen LogP contribution in [0.25, 0.3) is 0 Å². The number of hydrogen-bond donors (Lipinski definition) is 4. The highest BCUT2D eigenvalue weighted by molar-refractivity contribution is 4.66. The molecule has 0 amide bonds. The Balaban J connectivity index is 2.39. The van der Waals surface area contributed by atoms with Gasteiger partial charge in [0, 0.05) is 19.6 Å². The fourth-order valence-corrected chi connectivity index (χ4v) is 1.04. The molecule has 1 rings (SSSR count). The molecule has 0 saturated heterocycles. The number of aromatic amines is 2. The molecule has 0 spiro atoms. The average molecular weight is 202 g/mol. The Kier molecular flexibility index (Phi) is 3.66. The van der Waals surface area contributed by atoms with Gasteiger partial charge in [-0.05, 0) is 6.92 Å². The van der Waals surface area contributed by atoms with Crippen molar-refractivity contribution in [3.63, 3.8) is 0 Å². The van der Waals surface area contributed by atoms with Gasteiger partial charge < -0.3 is 10.4 Å². The molecule has 0 aliphatic carbocycles. The third kappa shape index (κ3) is 2.86. The van der Waals surface area contributed by atoms with Crippen molar-refractivity contribution in [1.82, 2.24) is 20.1 Å². The first-order valence-electron chi connectivity index (χ1n) is 4.37. The van der Waals surface area contributed by atoms with Crippen LogP contribution >= 0.6 is 0 Å². The van der Waals surface area contributed by atoms with Crippen molar-refractivity contribution >= 4 is 0 Å². The van der Waals surface area contributed by atoms with Crippen molar-refractivity contribution < 1.29 is 5.11 Å². The highest BCUT2D eigenvalue weighted by atomic mass is 16.3. The lowest BCUT2D eigenvalue weighted by atomic mass is 10.4. The van der Waals surface area contributed by atoms with Gasteiger partial charge in [-0.25, -0.2) is 24.4 Å². The second-order valence-corrected chi connectivity index (χ2v) is 3.07. The van der Waals surface area contributed by atoms with Gasteiger partial charge in [0.15, 0.2) is 0 Å². The number of aliphatic hydroxyl groups is 1. The topological polar surface area (TPSA) is 103 Å². The van der Waals surface area contributed by atoms with E-state index in [2.05, 4.69) is 15.5 Å². The predicted molar refractivity (Wildman–Crippen MR) is 50.2 cm³/mol. The zero-order valence-corrected chi connectivity index (χ0v) is 7.91. The molecular formula is C7H14N4O3. The molecule has 0 fully saturated rings. The molecule has 7 nitrogen and oxygen atoms in total. The van der Waals surface area contributed by atoms with Crippen LogP contribution in [0.15, 0.2) is 9.59 Å². The van der Waals surface area contributed by atoms with E-state index in [9.17, 15) is 9.59 Å². The summed E-state index contributed by atoms with van der Waals surface area (Å²) < 4.78 is 1.05. The second-order valence-electron chi connectivity index (χ2n) is 3.07. The molecule has 0 bridgehead atoms. The van der Waals surface area contributed by atoms with Crippen LogP contribution in [-0.2, 0) is 6.54 Å². The lowest BCUT2D eigenvalue weighted by Crippen LogP contribution is -2.34. The number of nitrogens with one attached hydrogen (secondary N) is 3. The van der Waals surface area contributed by atoms with E-state index in [-0.39, 0.29) is 6.54 Å². The Bertz CT molecular complexity index is 347. The second kappa shape index (κ2) is 4.77. The third-order valence-corrected chi connectivity index (χ3v) is 1.72. The van der Waals surface area contributed by atoms with Crippen molar-refractivity contribution in [2.24, 2.45) is 0 Å². The molecule has 0 radical (unpaired) electrons. The molecule has 4 N–H and O–H groups in total. The summed E-state index contributed by atoms with van der Waals surface area (Å²) in [7, 11) is 0. The number of rotatable bonds is 5. The van der Waals surface area contributed by atoms with Gasteiger partial charge in [-0.2, -0.15) is 0 Å². The lowest BCUT2D eigenvalue weighted by molar-refractivity contribution is 0.191. The van der Waals surface area contributed by atoms with Crippen molar-refractivity contribution in [1.29, 1.82) is 0 Å². The SMILES string of the molecule is CC(O)CNCCn1c(=O)[nH][nH]c1=O. The van der Waals surface area contributed by atoms with Gasteiger partial charge >= 0.3 is 11.4 Å². The maximum Gasteiger partial charge on any atom is 0.344 e. The average Bonchev–Trinajstić information content (AvgIpc) is 2.42. The zero-order chi connectivity index (χ0) is 10.6. The van der Waals surface area contributed by atoms with Crippen molar-refractivity contribution in [3.05, 3.63) is 21.0 Å². The van der Waals surface area contributed by atoms with Crippen molar-refractivity contribution in [2.75, 3.05) is 13.1 Å². The summed E-state index contributed by atoms with van der Waals surface area (Å²) in [5.74, 6) is 0. The van der Waals surface area contributed by atoms with E-state index in [1.165, 1.54) is 0 Å². The standard InChI is InChI=1S/C7H14N4O3/c1-5(12)4-8-2-3-11-6(13)9-10-7(11)14/h5,8,12H,2-4H2,1H3,(H,9,13)(H,10,14). The molecule has 7 heteroatoms. The summed E-state index contributed by atoms with van der Waals surface area (Å²) in [4.78, 5) is 21.9. The highest BCUT2D eigenvalue weighted by Crippen LogP contribution is 1.74. The largest absolute Gasteiger partial charge is 0.392 e. The van der Waals surface area contributed by atoms with Gasteiger partial charge in [0.1, 0.15) is 0 Å². The van der Waals surface area contributed by atoms with Crippen LogP contribution in [-0.4, -0.2) is 39.1 Å². The van der Waals surface area contributed by atoms with E-state index in [1.54, 1.807) is 6.92 Å². The minimum absolute atomic E-state index is 0.282. The monoisotopic (exact) mass is 202 g/mol. The van der Waals surface area contributed by atoms with E-state index in [4.69, 9.17) is 5.11 Å². The normalized spacial score (nSPS) is 13.0. The van der Waals surface area contributed by atoms with Crippen LogP contribution in [0.1, 0.15) is 6.92 Å². The first-order chi connectivity index (χ1) is 6.61. The fourth-order valence-electron chi connectivity index (χ4n) is 1.04. The summed E-state index contributed by atoms with van der Waals surface area (Å²) in [5.41, 5.74) is -0.900. The Morgan fingerprint density at radius 1 is 1.43 bits per heavy atom. The Hall–Kier alpha value is -1.34. The van der Waals surface area contributed by atoms with Crippen molar-refractivity contribution in [3.8, 4) is 0 Å². The lowest BCUT2D eigenvalue weighted by Gasteiger charge is -2.05. The predicted octanol–water partition coefficient (Wildman–Crippen LogP) is -2.16. The molecule has 80 valence electrons. The van der Waals surface area contributed by atoms with Crippen LogP contribution in [0.4, 0.5) is 0 Å². The summed E-state index contributed by atoms with van der Waals surface area (Å²) in [6.45, 7) is 2.84. The van der Waals surface area contributed by atoms with Gasteiger partial charge in [-0.3, -0.25) is 0 Å². The minimum Gasteiger partial charge on any atom is -0.392 e.